The quantitative estimate of drug-likeness (QED) is 0.439. The number of carboxylic acid groups (broad SMARTS) is 2. The van der Waals surface area contributed by atoms with Gasteiger partial charge < -0.3 is 20.3 Å². The molecule has 0 unspecified atom stereocenters. The van der Waals surface area contributed by atoms with Gasteiger partial charge in [-0.1, -0.05) is 26.0 Å². The number of carbonyl (C=O) groups is 2. The Labute approximate surface area is 169 Å². The lowest BCUT2D eigenvalue weighted by Gasteiger charge is -2.09. The maximum Gasteiger partial charge on any atom is 0.490 e. The van der Waals surface area contributed by atoms with Crippen molar-refractivity contribution in [1.82, 2.24) is 5.32 Å². The summed E-state index contributed by atoms with van der Waals surface area (Å²) in [5, 5.41) is 18.8. The highest BCUT2D eigenvalue weighted by Crippen LogP contribution is 2.15. The van der Waals surface area contributed by atoms with E-state index < -0.39 is 18.1 Å². The Morgan fingerprint density at radius 2 is 1.79 bits per heavy atom. The second-order valence-electron chi connectivity index (χ2n) is 6.83. The molecule has 0 radical (unpaired) electrons. The molecule has 0 fully saturated rings. The monoisotopic (exact) mass is 421 g/mol. The number of rotatable bonds is 12. The van der Waals surface area contributed by atoms with Crippen molar-refractivity contribution in [2.45, 2.75) is 52.1 Å². The second-order valence-corrected chi connectivity index (χ2v) is 6.83. The molecule has 0 amide bonds. The van der Waals surface area contributed by atoms with Crippen LogP contribution in [0, 0.1) is 5.92 Å². The third-order valence-electron chi connectivity index (χ3n) is 3.67. The zero-order chi connectivity index (χ0) is 22.3. The highest BCUT2D eigenvalue weighted by Gasteiger charge is 2.38. The van der Waals surface area contributed by atoms with Crippen molar-refractivity contribution in [2.75, 3.05) is 19.7 Å². The number of carboxylic acids is 2. The van der Waals surface area contributed by atoms with Crippen LogP contribution >= 0.6 is 0 Å². The van der Waals surface area contributed by atoms with Gasteiger partial charge in [-0.3, -0.25) is 4.79 Å². The van der Waals surface area contributed by atoms with Crippen molar-refractivity contribution < 1.29 is 37.7 Å². The normalized spacial score (nSPS) is 11.0. The summed E-state index contributed by atoms with van der Waals surface area (Å²) in [4.78, 5) is 19.3. The van der Waals surface area contributed by atoms with E-state index in [0.717, 1.165) is 44.1 Å². The molecule has 0 aliphatic rings. The number of halogens is 3. The number of hydrogen-bond acceptors (Lipinski definition) is 4. The molecule has 9 heteroatoms. The maximum absolute atomic E-state index is 10.6. The first-order valence-corrected chi connectivity index (χ1v) is 9.46. The van der Waals surface area contributed by atoms with Gasteiger partial charge in [0.05, 0.1) is 13.0 Å². The van der Waals surface area contributed by atoms with Gasteiger partial charge in [-0.2, -0.15) is 13.2 Å². The number of ether oxygens (including phenoxy) is 1. The van der Waals surface area contributed by atoms with E-state index in [0.29, 0.717) is 6.54 Å². The molecule has 0 saturated heterocycles. The molecule has 1 aromatic carbocycles. The zero-order valence-corrected chi connectivity index (χ0v) is 16.8. The van der Waals surface area contributed by atoms with Gasteiger partial charge >= 0.3 is 18.1 Å². The van der Waals surface area contributed by atoms with Gasteiger partial charge in [-0.25, -0.2) is 4.79 Å². The fourth-order valence-electron chi connectivity index (χ4n) is 2.21. The number of aliphatic carboxylic acids is 2. The third kappa shape index (κ3) is 16.4. The largest absolute Gasteiger partial charge is 0.494 e. The molecule has 0 aliphatic heterocycles. The van der Waals surface area contributed by atoms with Crippen LogP contribution in [0.1, 0.15) is 45.1 Å². The highest BCUT2D eigenvalue weighted by molar-refractivity contribution is 5.73. The molecule has 0 bridgehead atoms. The SMILES string of the molecule is CC(C)CCCOc1cccc(CCCNCCC(=O)O)c1.O=C(O)C(F)(F)F. The predicted octanol–water partition coefficient (Wildman–Crippen LogP) is 4.13. The van der Waals surface area contributed by atoms with E-state index >= 15 is 0 Å². The van der Waals surface area contributed by atoms with E-state index in [-0.39, 0.29) is 6.42 Å². The van der Waals surface area contributed by atoms with Crippen LogP contribution in [0.15, 0.2) is 24.3 Å². The third-order valence-corrected chi connectivity index (χ3v) is 3.67. The van der Waals surface area contributed by atoms with Gasteiger partial charge in [0.25, 0.3) is 0 Å². The van der Waals surface area contributed by atoms with Crippen molar-refractivity contribution in [3.63, 3.8) is 0 Å². The molecule has 0 spiro atoms. The van der Waals surface area contributed by atoms with Gasteiger partial charge in [0, 0.05) is 6.54 Å². The molecule has 0 atom stereocenters. The van der Waals surface area contributed by atoms with E-state index in [1.165, 1.54) is 12.0 Å². The van der Waals surface area contributed by atoms with E-state index in [2.05, 4.69) is 31.3 Å². The number of nitrogens with one attached hydrogen (secondary N) is 1. The minimum Gasteiger partial charge on any atom is -0.494 e. The van der Waals surface area contributed by atoms with Crippen molar-refractivity contribution >= 4 is 11.9 Å². The van der Waals surface area contributed by atoms with Crippen LogP contribution in [0.5, 0.6) is 5.75 Å². The van der Waals surface area contributed by atoms with Crippen molar-refractivity contribution in [3.8, 4) is 5.75 Å². The summed E-state index contributed by atoms with van der Waals surface area (Å²) >= 11 is 0. The molecule has 29 heavy (non-hydrogen) atoms. The lowest BCUT2D eigenvalue weighted by molar-refractivity contribution is -0.192. The fraction of sp³-hybridized carbons (Fsp3) is 0.600. The lowest BCUT2D eigenvalue weighted by atomic mass is 10.1. The topological polar surface area (TPSA) is 95.9 Å². The van der Waals surface area contributed by atoms with Crippen LogP contribution in [0.3, 0.4) is 0 Å². The average Bonchev–Trinajstić information content (AvgIpc) is 2.61. The Hall–Kier alpha value is -2.29. The molecule has 0 aromatic heterocycles. The summed E-state index contributed by atoms with van der Waals surface area (Å²) < 4.78 is 37.5. The molecule has 0 heterocycles. The molecular weight excluding hydrogens is 391 g/mol. The van der Waals surface area contributed by atoms with E-state index in [1.807, 2.05) is 12.1 Å². The van der Waals surface area contributed by atoms with Gasteiger partial charge in [0.15, 0.2) is 0 Å². The van der Waals surface area contributed by atoms with Crippen molar-refractivity contribution in [1.29, 1.82) is 0 Å². The average molecular weight is 421 g/mol. The summed E-state index contributed by atoms with van der Waals surface area (Å²) in [5.74, 6) is -1.84. The summed E-state index contributed by atoms with van der Waals surface area (Å²) in [7, 11) is 0. The first-order chi connectivity index (χ1) is 13.5. The number of aryl methyl sites for hydroxylation is 1. The smallest absolute Gasteiger partial charge is 0.490 e. The summed E-state index contributed by atoms with van der Waals surface area (Å²) in [5.41, 5.74) is 1.27. The fourth-order valence-corrected chi connectivity index (χ4v) is 2.21. The van der Waals surface area contributed by atoms with Crippen LogP contribution in [-0.4, -0.2) is 48.0 Å². The number of benzene rings is 1. The second kappa shape index (κ2) is 14.7. The standard InChI is InChI=1S/C18H29NO3.C2HF3O2/c1-15(2)6-5-13-22-17-9-3-7-16(14-17)8-4-11-19-12-10-18(20)21;3-2(4,5)1(6)7/h3,7,9,14-15,19H,4-6,8,10-13H2,1-2H3,(H,20,21);(H,6,7). The number of alkyl halides is 3. The Kier molecular flexibility index (Phi) is 13.5. The van der Waals surface area contributed by atoms with Crippen LogP contribution in [0.2, 0.25) is 0 Å². The molecule has 166 valence electrons. The van der Waals surface area contributed by atoms with Gasteiger partial charge in [0.1, 0.15) is 5.75 Å². The molecule has 6 nitrogen and oxygen atoms in total. The van der Waals surface area contributed by atoms with Crippen LogP contribution in [0.25, 0.3) is 0 Å². The van der Waals surface area contributed by atoms with Crippen LogP contribution in [-0.2, 0) is 16.0 Å². The van der Waals surface area contributed by atoms with Crippen molar-refractivity contribution in [3.05, 3.63) is 29.8 Å². The molecule has 0 saturated carbocycles. The Morgan fingerprint density at radius 1 is 1.14 bits per heavy atom. The summed E-state index contributed by atoms with van der Waals surface area (Å²) in [6, 6.07) is 8.25. The molecule has 0 aliphatic carbocycles. The first-order valence-electron chi connectivity index (χ1n) is 9.46. The molecule has 3 N–H and O–H groups in total. The molecule has 1 aromatic rings. The van der Waals surface area contributed by atoms with Crippen molar-refractivity contribution in [2.24, 2.45) is 5.92 Å². The Morgan fingerprint density at radius 3 is 2.34 bits per heavy atom. The van der Waals surface area contributed by atoms with Crippen LogP contribution in [0.4, 0.5) is 13.2 Å². The zero-order valence-electron chi connectivity index (χ0n) is 16.8. The van der Waals surface area contributed by atoms with E-state index in [1.54, 1.807) is 0 Å². The molecular formula is C20H30F3NO5. The van der Waals surface area contributed by atoms with Gasteiger partial charge in [-0.05, 0) is 55.8 Å². The minimum atomic E-state index is -5.08. The maximum atomic E-state index is 10.6. The summed E-state index contributed by atoms with van der Waals surface area (Å²) in [6.07, 6.45) is -0.642. The van der Waals surface area contributed by atoms with Gasteiger partial charge in [-0.15, -0.1) is 0 Å². The molecule has 1 rings (SSSR count). The van der Waals surface area contributed by atoms with E-state index in [9.17, 15) is 18.0 Å². The minimum absolute atomic E-state index is 0.180. The Bertz CT molecular complexity index is 606. The van der Waals surface area contributed by atoms with Crippen LogP contribution < -0.4 is 10.1 Å². The van der Waals surface area contributed by atoms with Gasteiger partial charge in [0.2, 0.25) is 0 Å². The predicted molar refractivity (Wildman–Crippen MR) is 103 cm³/mol. The lowest BCUT2D eigenvalue weighted by Crippen LogP contribution is -2.21. The summed E-state index contributed by atoms with van der Waals surface area (Å²) in [6.45, 7) is 6.61. The Balaban J connectivity index is 0.000000956. The highest BCUT2D eigenvalue weighted by atomic mass is 19.4. The number of hydrogen-bond donors (Lipinski definition) is 3. The van der Waals surface area contributed by atoms with E-state index in [4.69, 9.17) is 19.7 Å². The first kappa shape index (κ1) is 26.7.